The molecule has 0 unspecified atom stereocenters. The van der Waals surface area contributed by atoms with Gasteiger partial charge in [0.2, 0.25) is 0 Å². The molecular formula is C5H3CaF6O3+. The molecule has 0 aliphatic heterocycles. The summed E-state index contributed by atoms with van der Waals surface area (Å²) in [5.41, 5.74) is 0. The van der Waals surface area contributed by atoms with Crippen LogP contribution in [0.5, 0.6) is 0 Å². The first-order chi connectivity index (χ1) is 5.55. The zero-order valence-corrected chi connectivity index (χ0v) is 9.08. The van der Waals surface area contributed by atoms with Gasteiger partial charge >= 0.3 is 50.1 Å². The third-order valence-electron chi connectivity index (χ3n) is 0.821. The van der Waals surface area contributed by atoms with Crippen molar-refractivity contribution in [2.45, 2.75) is 12.4 Å². The van der Waals surface area contributed by atoms with Gasteiger partial charge in [0.05, 0.1) is 0 Å². The summed E-state index contributed by atoms with van der Waals surface area (Å²) in [4.78, 5) is 9.82. The Bertz CT molecular complexity index is 242. The van der Waals surface area contributed by atoms with Gasteiger partial charge in [0.15, 0.2) is 0 Å². The summed E-state index contributed by atoms with van der Waals surface area (Å²) in [6.45, 7) is 0. The molecule has 0 heterocycles. The molecule has 0 aromatic rings. The Morgan fingerprint density at radius 3 is 1.53 bits per heavy atom. The van der Waals surface area contributed by atoms with Gasteiger partial charge in [-0.1, -0.05) is 0 Å². The van der Waals surface area contributed by atoms with Crippen molar-refractivity contribution in [3.05, 3.63) is 11.8 Å². The van der Waals surface area contributed by atoms with Gasteiger partial charge in [-0.2, -0.15) is 26.3 Å². The third kappa shape index (κ3) is 7.88. The number of halogens is 6. The van der Waals surface area contributed by atoms with Crippen molar-refractivity contribution >= 4 is 43.5 Å². The van der Waals surface area contributed by atoms with Crippen molar-refractivity contribution in [1.82, 2.24) is 0 Å². The van der Waals surface area contributed by atoms with Crippen LogP contribution in [0.4, 0.5) is 26.3 Å². The minimum Gasteiger partial charge on any atom is -0.869 e. The van der Waals surface area contributed by atoms with E-state index in [9.17, 15) is 36.2 Å². The number of carbonyl (C=O) groups is 1. The zero-order valence-electron chi connectivity index (χ0n) is 6.87. The first-order valence-electron chi connectivity index (χ1n) is 2.62. The fraction of sp³-hybridized carbons (Fsp3) is 0.400. The molecule has 0 amide bonds. The summed E-state index contributed by atoms with van der Waals surface area (Å²) in [6, 6.07) is 0. The van der Waals surface area contributed by atoms with Gasteiger partial charge in [0.25, 0.3) is 5.78 Å². The Morgan fingerprint density at radius 1 is 1.00 bits per heavy atom. The SMILES string of the molecule is O.O=C(/C=C(\[O-])C(F)(F)F)C(F)(F)F.[Ca+2]. The molecule has 10 heteroatoms. The average molecular weight is 265 g/mol. The number of hydrogen-bond acceptors (Lipinski definition) is 2. The van der Waals surface area contributed by atoms with E-state index in [0.717, 1.165) is 0 Å². The largest absolute Gasteiger partial charge is 2.00 e. The minimum absolute atomic E-state index is 0. The maximum atomic E-state index is 11.3. The molecule has 0 atom stereocenters. The van der Waals surface area contributed by atoms with Gasteiger partial charge in [0, 0.05) is 0 Å². The topological polar surface area (TPSA) is 71.6 Å². The van der Waals surface area contributed by atoms with E-state index in [1.165, 1.54) is 0 Å². The summed E-state index contributed by atoms with van der Waals surface area (Å²) < 4.78 is 67.8. The normalized spacial score (nSPS) is 12.5. The molecule has 0 rings (SSSR count). The minimum atomic E-state index is -5.46. The van der Waals surface area contributed by atoms with E-state index in [0.29, 0.717) is 0 Å². The van der Waals surface area contributed by atoms with Crippen LogP contribution in [0.2, 0.25) is 0 Å². The quantitative estimate of drug-likeness (QED) is 0.283. The van der Waals surface area contributed by atoms with E-state index in [-0.39, 0.29) is 43.2 Å². The van der Waals surface area contributed by atoms with E-state index in [1.54, 1.807) is 0 Å². The Hall–Kier alpha value is 0.00974. The van der Waals surface area contributed by atoms with Crippen molar-refractivity contribution in [2.24, 2.45) is 0 Å². The maximum absolute atomic E-state index is 11.3. The van der Waals surface area contributed by atoms with Gasteiger partial charge in [-0.05, 0) is 11.8 Å². The first kappa shape index (κ1) is 20.4. The van der Waals surface area contributed by atoms with Crippen molar-refractivity contribution in [3.63, 3.8) is 0 Å². The first-order valence-corrected chi connectivity index (χ1v) is 2.62. The smallest absolute Gasteiger partial charge is 0.869 e. The number of rotatable bonds is 1. The van der Waals surface area contributed by atoms with Crippen LogP contribution in [0, 0.1) is 0 Å². The van der Waals surface area contributed by atoms with E-state index >= 15 is 0 Å². The number of carbonyl (C=O) groups excluding carboxylic acids is 1. The summed E-state index contributed by atoms with van der Waals surface area (Å²) in [5, 5.41) is 9.82. The van der Waals surface area contributed by atoms with Gasteiger partial charge < -0.3 is 10.6 Å². The maximum Gasteiger partial charge on any atom is 2.00 e. The van der Waals surface area contributed by atoms with E-state index in [1.807, 2.05) is 0 Å². The molecule has 0 aliphatic rings. The summed E-state index contributed by atoms with van der Waals surface area (Å²) >= 11 is 0. The Morgan fingerprint density at radius 2 is 1.33 bits per heavy atom. The second-order valence-corrected chi connectivity index (χ2v) is 1.87. The molecule has 0 aliphatic carbocycles. The predicted molar refractivity (Wildman–Crippen MR) is 34.6 cm³/mol. The Balaban J connectivity index is -0.000000720. The Labute approximate surface area is 109 Å². The van der Waals surface area contributed by atoms with Crippen LogP contribution in [0.15, 0.2) is 11.8 Å². The van der Waals surface area contributed by atoms with Gasteiger partial charge in [-0.15, -0.1) is 0 Å². The zero-order chi connectivity index (χ0) is 10.9. The molecule has 2 N–H and O–H groups in total. The van der Waals surface area contributed by atoms with E-state index in [2.05, 4.69) is 0 Å². The third-order valence-corrected chi connectivity index (χ3v) is 0.821. The van der Waals surface area contributed by atoms with Crippen LogP contribution < -0.4 is 5.11 Å². The fourth-order valence-electron chi connectivity index (χ4n) is 0.283. The molecule has 0 aromatic carbocycles. The predicted octanol–water partition coefficient (Wildman–Crippen LogP) is -0.281. The van der Waals surface area contributed by atoms with Crippen molar-refractivity contribution in [1.29, 1.82) is 0 Å². The van der Waals surface area contributed by atoms with Crippen LogP contribution in [0.1, 0.15) is 0 Å². The molecular weight excluding hydrogens is 262 g/mol. The van der Waals surface area contributed by atoms with Crippen LogP contribution in [0.3, 0.4) is 0 Å². The number of allylic oxidation sites excluding steroid dienone is 2. The van der Waals surface area contributed by atoms with Crippen LogP contribution in [-0.4, -0.2) is 61.4 Å². The molecule has 15 heavy (non-hydrogen) atoms. The second kappa shape index (κ2) is 6.56. The monoisotopic (exact) mass is 265 g/mol. The van der Waals surface area contributed by atoms with Gasteiger partial charge in [-0.3, -0.25) is 4.79 Å². The molecule has 0 spiro atoms. The number of ketones is 1. The molecule has 0 saturated carbocycles. The van der Waals surface area contributed by atoms with Crippen LogP contribution in [0.25, 0.3) is 0 Å². The van der Waals surface area contributed by atoms with Crippen molar-refractivity contribution in [2.75, 3.05) is 0 Å². The van der Waals surface area contributed by atoms with Gasteiger partial charge in [-0.25, -0.2) is 0 Å². The molecule has 0 saturated heterocycles. The average Bonchev–Trinajstić information content (AvgIpc) is 1.82. The van der Waals surface area contributed by atoms with E-state index < -0.39 is 30.0 Å². The van der Waals surface area contributed by atoms with E-state index in [4.69, 9.17) is 0 Å². The van der Waals surface area contributed by atoms with Crippen molar-refractivity contribution < 1.29 is 41.7 Å². The Kier molecular flexibility index (Phi) is 8.93. The van der Waals surface area contributed by atoms with Crippen molar-refractivity contribution in [3.8, 4) is 0 Å². The summed E-state index contributed by atoms with van der Waals surface area (Å²) in [7, 11) is 0. The molecule has 0 aromatic heterocycles. The van der Waals surface area contributed by atoms with Crippen LogP contribution >= 0.6 is 0 Å². The summed E-state index contributed by atoms with van der Waals surface area (Å²) in [6.07, 6.45) is -11.9. The molecule has 3 nitrogen and oxygen atoms in total. The fourth-order valence-corrected chi connectivity index (χ4v) is 0.283. The standard InChI is InChI=1S/C5H2F6O2.Ca.H2O/c6-4(7,8)2(12)1-3(13)5(9,10)11;;/h1,12H;;1H2/q;+2;/p-1/b2-1-;;. The molecule has 0 radical (unpaired) electrons. The second-order valence-electron chi connectivity index (χ2n) is 1.87. The molecule has 0 fully saturated rings. The summed E-state index contributed by atoms with van der Waals surface area (Å²) in [5.74, 6) is -5.65. The number of hydrogen-bond donors (Lipinski definition) is 0. The van der Waals surface area contributed by atoms with Gasteiger partial charge in [0.1, 0.15) is 0 Å². The number of alkyl halides is 6. The molecule has 0 bridgehead atoms. The molecule has 84 valence electrons. The van der Waals surface area contributed by atoms with Crippen LogP contribution in [-0.2, 0) is 4.79 Å².